The second kappa shape index (κ2) is 9.65. The second-order valence-corrected chi connectivity index (χ2v) is 7.18. The fourth-order valence-corrected chi connectivity index (χ4v) is 3.30. The van der Waals surface area contributed by atoms with E-state index in [1.54, 1.807) is 18.2 Å². The van der Waals surface area contributed by atoms with E-state index in [1.807, 2.05) is 25.1 Å². The average molecular weight is 415 g/mol. The highest BCUT2D eigenvalue weighted by molar-refractivity contribution is 6.31. The number of para-hydroxylation sites is 1. The Bertz CT molecular complexity index is 1010. The zero-order valence-electron chi connectivity index (χ0n) is 16.6. The molecule has 0 spiro atoms. The average Bonchev–Trinajstić information content (AvgIpc) is 2.71. The molecule has 3 rings (SSSR count). The number of carbonyl (C=O) groups excluding carboxylic acids is 1. The number of nitrogens with zero attached hydrogens (tertiary/aromatic N) is 3. The topological polar surface area (TPSA) is 58.1 Å². The van der Waals surface area contributed by atoms with Gasteiger partial charge >= 0.3 is 0 Å². The van der Waals surface area contributed by atoms with Gasteiger partial charge in [-0.3, -0.25) is 4.79 Å². The molecule has 1 amide bonds. The Hall–Kier alpha value is -2.73. The van der Waals surface area contributed by atoms with Crippen molar-refractivity contribution in [2.24, 2.45) is 0 Å². The first kappa shape index (κ1) is 21.0. The Morgan fingerprint density at radius 2 is 1.93 bits per heavy atom. The smallest absolute Gasteiger partial charge is 0.226 e. The minimum atomic E-state index is -0.447. The summed E-state index contributed by atoms with van der Waals surface area (Å²) in [5, 5.41) is 4.15. The van der Waals surface area contributed by atoms with Crippen molar-refractivity contribution in [3.8, 4) is 0 Å². The van der Waals surface area contributed by atoms with Crippen LogP contribution in [0.15, 0.2) is 42.5 Å². The number of halogens is 2. The third-order valence-corrected chi connectivity index (χ3v) is 4.79. The molecule has 0 atom stereocenters. The molecule has 1 aromatic heterocycles. The molecule has 0 aliphatic rings. The van der Waals surface area contributed by atoms with Gasteiger partial charge in [-0.1, -0.05) is 37.6 Å². The highest BCUT2D eigenvalue weighted by Gasteiger charge is 2.16. The van der Waals surface area contributed by atoms with Crippen LogP contribution < -0.4 is 10.2 Å². The van der Waals surface area contributed by atoms with E-state index in [0.717, 1.165) is 35.5 Å². The Morgan fingerprint density at radius 3 is 2.66 bits per heavy atom. The predicted octanol–water partition coefficient (Wildman–Crippen LogP) is 5.23. The van der Waals surface area contributed by atoms with Crippen LogP contribution in [0.3, 0.4) is 0 Å². The van der Waals surface area contributed by atoms with Crippen LogP contribution in [0.25, 0.3) is 10.9 Å². The van der Waals surface area contributed by atoms with Crippen molar-refractivity contribution in [3.63, 3.8) is 0 Å². The summed E-state index contributed by atoms with van der Waals surface area (Å²) in [7, 11) is 0. The molecule has 152 valence electrons. The Morgan fingerprint density at radius 1 is 1.14 bits per heavy atom. The lowest BCUT2D eigenvalue weighted by atomic mass is 10.2. The van der Waals surface area contributed by atoms with Gasteiger partial charge in [-0.2, -0.15) is 0 Å². The Labute approximate surface area is 174 Å². The minimum Gasteiger partial charge on any atom is -0.355 e. The number of nitrogens with one attached hydrogen (secondary N) is 1. The van der Waals surface area contributed by atoms with Crippen molar-refractivity contribution in [2.45, 2.75) is 33.1 Å². The molecule has 3 aromatic rings. The molecule has 5 nitrogen and oxygen atoms in total. The van der Waals surface area contributed by atoms with Crippen molar-refractivity contribution in [2.75, 3.05) is 23.3 Å². The van der Waals surface area contributed by atoms with E-state index in [-0.39, 0.29) is 18.0 Å². The number of hydrogen-bond acceptors (Lipinski definition) is 4. The highest BCUT2D eigenvalue weighted by Crippen LogP contribution is 2.27. The first-order valence-corrected chi connectivity index (χ1v) is 10.1. The molecule has 7 heteroatoms. The quantitative estimate of drug-likeness (QED) is 0.548. The van der Waals surface area contributed by atoms with Gasteiger partial charge in [-0.05, 0) is 36.8 Å². The largest absolute Gasteiger partial charge is 0.355 e. The number of aromatic nitrogens is 2. The summed E-state index contributed by atoms with van der Waals surface area (Å²) >= 11 is 6.14. The van der Waals surface area contributed by atoms with Gasteiger partial charge in [0.25, 0.3) is 0 Å². The number of rotatable bonds is 8. The molecule has 0 aliphatic heterocycles. The van der Waals surface area contributed by atoms with Gasteiger partial charge in [0.15, 0.2) is 0 Å². The molecule has 1 heterocycles. The number of fused-ring (bicyclic) bond motifs is 1. The lowest BCUT2D eigenvalue weighted by molar-refractivity contribution is -0.116. The summed E-state index contributed by atoms with van der Waals surface area (Å²) in [6.45, 7) is 5.28. The fraction of sp³-hybridized carbons (Fsp3) is 0.318. The van der Waals surface area contributed by atoms with E-state index >= 15 is 0 Å². The molecule has 1 N–H and O–H groups in total. The maximum Gasteiger partial charge on any atom is 0.226 e. The van der Waals surface area contributed by atoms with Crippen molar-refractivity contribution >= 4 is 39.9 Å². The van der Waals surface area contributed by atoms with E-state index in [0.29, 0.717) is 18.0 Å². The zero-order valence-corrected chi connectivity index (χ0v) is 17.3. The molecular weight excluding hydrogens is 391 g/mol. The van der Waals surface area contributed by atoms with Crippen LogP contribution >= 0.6 is 11.6 Å². The van der Waals surface area contributed by atoms with Gasteiger partial charge in [-0.15, -0.1) is 0 Å². The van der Waals surface area contributed by atoms with Gasteiger partial charge in [0.1, 0.15) is 17.5 Å². The summed E-state index contributed by atoms with van der Waals surface area (Å²) < 4.78 is 13.8. The van der Waals surface area contributed by atoms with Crippen molar-refractivity contribution in [1.29, 1.82) is 0 Å². The van der Waals surface area contributed by atoms with Crippen LogP contribution in [-0.4, -0.2) is 29.0 Å². The molecule has 29 heavy (non-hydrogen) atoms. The van der Waals surface area contributed by atoms with Crippen LogP contribution in [0.4, 0.5) is 15.9 Å². The maximum atomic E-state index is 13.8. The number of aryl methyl sites for hydroxylation is 1. The van der Waals surface area contributed by atoms with E-state index < -0.39 is 5.82 Å². The lowest BCUT2D eigenvalue weighted by Crippen LogP contribution is -2.30. The van der Waals surface area contributed by atoms with Crippen LogP contribution in [0.1, 0.15) is 32.5 Å². The monoisotopic (exact) mass is 414 g/mol. The van der Waals surface area contributed by atoms with Crippen LogP contribution in [0.5, 0.6) is 0 Å². The van der Waals surface area contributed by atoms with E-state index in [2.05, 4.69) is 22.1 Å². The zero-order chi connectivity index (χ0) is 20.8. The third-order valence-electron chi connectivity index (χ3n) is 4.55. The number of anilines is 2. The fourth-order valence-electron chi connectivity index (χ4n) is 3.14. The molecule has 0 aliphatic carbocycles. The summed E-state index contributed by atoms with van der Waals surface area (Å²) in [6, 6.07) is 11.7. The first-order chi connectivity index (χ1) is 14.0. The van der Waals surface area contributed by atoms with Gasteiger partial charge in [0.2, 0.25) is 5.91 Å². The third kappa shape index (κ3) is 5.21. The number of hydrogen-bond donors (Lipinski definition) is 1. The Balaban J connectivity index is 1.82. The first-order valence-electron chi connectivity index (χ1n) is 9.77. The SMILES string of the molecule is CCCN(CCC(=O)Nc1ccccc1F)c1nc(CC)nc2cc(Cl)ccc12. The van der Waals surface area contributed by atoms with Crippen molar-refractivity contribution in [3.05, 3.63) is 59.1 Å². The summed E-state index contributed by atoms with van der Waals surface area (Å²) in [4.78, 5) is 23.8. The van der Waals surface area contributed by atoms with Crippen LogP contribution in [0, 0.1) is 5.82 Å². The molecule has 0 radical (unpaired) electrons. The number of carbonyl (C=O) groups is 1. The van der Waals surface area contributed by atoms with Gasteiger partial charge in [0, 0.05) is 36.3 Å². The predicted molar refractivity (Wildman–Crippen MR) is 116 cm³/mol. The van der Waals surface area contributed by atoms with E-state index in [9.17, 15) is 9.18 Å². The summed E-state index contributed by atoms with van der Waals surface area (Å²) in [6.07, 6.45) is 1.81. The molecule has 0 bridgehead atoms. The van der Waals surface area contributed by atoms with E-state index in [1.165, 1.54) is 6.07 Å². The second-order valence-electron chi connectivity index (χ2n) is 6.74. The van der Waals surface area contributed by atoms with Gasteiger partial charge < -0.3 is 10.2 Å². The minimum absolute atomic E-state index is 0.190. The normalized spacial score (nSPS) is 10.9. The molecule has 0 saturated heterocycles. The molecular formula is C22H24ClFN4O. The molecule has 2 aromatic carbocycles. The van der Waals surface area contributed by atoms with Crippen molar-refractivity contribution < 1.29 is 9.18 Å². The highest BCUT2D eigenvalue weighted by atomic mass is 35.5. The number of benzene rings is 2. The molecule has 0 fully saturated rings. The summed E-state index contributed by atoms with van der Waals surface area (Å²) in [5.74, 6) is 0.835. The number of amides is 1. The standard InChI is InChI=1S/C22H24ClFN4O/c1-3-12-28(13-11-21(29)26-18-8-6-5-7-17(18)24)22-16-10-9-15(23)14-19(16)25-20(4-2)27-22/h5-10,14H,3-4,11-13H2,1-2H3,(H,26,29). The molecule has 0 unspecified atom stereocenters. The van der Waals surface area contributed by atoms with Crippen molar-refractivity contribution in [1.82, 2.24) is 9.97 Å². The van der Waals surface area contributed by atoms with Crippen LogP contribution in [0.2, 0.25) is 5.02 Å². The van der Waals surface area contributed by atoms with E-state index in [4.69, 9.17) is 16.6 Å². The van der Waals surface area contributed by atoms with Gasteiger partial charge in [-0.25, -0.2) is 14.4 Å². The van der Waals surface area contributed by atoms with Gasteiger partial charge in [0.05, 0.1) is 11.2 Å². The molecule has 0 saturated carbocycles. The summed E-state index contributed by atoms with van der Waals surface area (Å²) in [5.41, 5.74) is 0.978. The maximum absolute atomic E-state index is 13.8. The van der Waals surface area contributed by atoms with Crippen LogP contribution in [-0.2, 0) is 11.2 Å². The Kier molecular flexibility index (Phi) is 6.99. The lowest BCUT2D eigenvalue weighted by Gasteiger charge is -2.25.